The normalized spacial score (nSPS) is 15.5. The number of nitrogens with zero attached hydrogens (tertiary/aromatic N) is 3. The van der Waals surface area contributed by atoms with Crippen LogP contribution in [-0.2, 0) is 9.59 Å². The molecule has 0 aromatic carbocycles. The van der Waals surface area contributed by atoms with Gasteiger partial charge in [-0.2, -0.15) is 0 Å². The van der Waals surface area contributed by atoms with Crippen molar-refractivity contribution in [3.05, 3.63) is 22.2 Å². The average Bonchev–Trinajstić information content (AvgIpc) is 2.51. The van der Waals surface area contributed by atoms with Crippen LogP contribution in [0.2, 0.25) is 0 Å². The highest BCUT2D eigenvalue weighted by Crippen LogP contribution is 2.37. The van der Waals surface area contributed by atoms with Crippen molar-refractivity contribution in [3.63, 3.8) is 0 Å². The van der Waals surface area contributed by atoms with Gasteiger partial charge in [0.2, 0.25) is 5.91 Å². The summed E-state index contributed by atoms with van der Waals surface area (Å²) in [6, 6.07) is 2.58. The van der Waals surface area contributed by atoms with E-state index in [2.05, 4.69) is 10.3 Å². The Hall–Kier alpha value is -2.71. The van der Waals surface area contributed by atoms with Crippen LogP contribution in [0.15, 0.2) is 12.1 Å². The number of ether oxygens (including phenoxy) is 1. The minimum Gasteiger partial charge on any atom is -0.472 e. The molecule has 1 aliphatic rings. The van der Waals surface area contributed by atoms with E-state index in [1.165, 1.54) is 12.1 Å². The van der Waals surface area contributed by atoms with Crippen LogP contribution in [0.25, 0.3) is 0 Å². The first-order valence-electron chi connectivity index (χ1n) is 7.69. The molecular weight excluding hydrogens is 316 g/mol. The van der Waals surface area contributed by atoms with E-state index < -0.39 is 22.2 Å². The van der Waals surface area contributed by atoms with E-state index in [1.54, 1.807) is 13.8 Å². The molecule has 24 heavy (non-hydrogen) atoms. The Kier molecular flexibility index (Phi) is 5.01. The maximum Gasteiger partial charge on any atom is 0.366 e. The number of aromatic nitrogens is 1. The first-order valence-corrected chi connectivity index (χ1v) is 7.69. The number of rotatable bonds is 6. The molecule has 2 rings (SSSR count). The number of carbonyl (C=O) groups excluding carboxylic acids is 2. The van der Waals surface area contributed by atoms with E-state index >= 15 is 0 Å². The summed E-state index contributed by atoms with van der Waals surface area (Å²) in [6.45, 7) is 5.38. The molecule has 130 valence electrons. The van der Waals surface area contributed by atoms with E-state index in [-0.39, 0.29) is 24.0 Å². The number of unbranched alkanes of at least 4 members (excludes halogenated alkanes) is 1. The SMILES string of the molecule is CCCCNC(=O)CN1C(=O)C(C)(C)Oc2ccc([N+](=O)[O-])nc21. The zero-order valence-corrected chi connectivity index (χ0v) is 13.9. The maximum atomic E-state index is 12.6. The lowest BCUT2D eigenvalue weighted by Gasteiger charge is -2.35. The standard InChI is InChI=1S/C15H20N4O5/c1-4-5-8-16-12(20)9-18-13-10(24-15(2,3)14(18)21)6-7-11(17-13)19(22)23/h6-7H,4-5,8-9H2,1-3H3,(H,16,20). The highest BCUT2D eigenvalue weighted by atomic mass is 16.6. The fourth-order valence-electron chi connectivity index (χ4n) is 2.29. The minimum atomic E-state index is -1.19. The molecule has 2 heterocycles. The molecule has 0 radical (unpaired) electrons. The molecule has 9 heteroatoms. The fraction of sp³-hybridized carbons (Fsp3) is 0.533. The van der Waals surface area contributed by atoms with Gasteiger partial charge in [0.25, 0.3) is 11.7 Å². The van der Waals surface area contributed by atoms with Crippen molar-refractivity contribution in [2.24, 2.45) is 0 Å². The van der Waals surface area contributed by atoms with E-state index in [4.69, 9.17) is 4.74 Å². The van der Waals surface area contributed by atoms with Gasteiger partial charge in [0, 0.05) is 12.6 Å². The lowest BCUT2D eigenvalue weighted by atomic mass is 10.1. The van der Waals surface area contributed by atoms with Crippen molar-refractivity contribution < 1.29 is 19.2 Å². The van der Waals surface area contributed by atoms with Crippen LogP contribution in [0, 0.1) is 10.1 Å². The monoisotopic (exact) mass is 336 g/mol. The zero-order chi connectivity index (χ0) is 17.9. The van der Waals surface area contributed by atoms with Crippen molar-refractivity contribution in [2.45, 2.75) is 39.2 Å². The molecule has 0 saturated heterocycles. The Morgan fingerprint density at radius 3 is 2.79 bits per heavy atom. The predicted octanol–water partition coefficient (Wildman–Crippen LogP) is 1.41. The summed E-state index contributed by atoms with van der Waals surface area (Å²) in [7, 11) is 0. The van der Waals surface area contributed by atoms with Crippen LogP contribution < -0.4 is 15.0 Å². The molecule has 1 aromatic rings. The van der Waals surface area contributed by atoms with Gasteiger partial charge in [-0.1, -0.05) is 13.3 Å². The molecule has 0 aliphatic carbocycles. The summed E-state index contributed by atoms with van der Waals surface area (Å²) in [5.41, 5.74) is -1.19. The Balaban J connectivity index is 2.31. The van der Waals surface area contributed by atoms with Crippen molar-refractivity contribution >= 4 is 23.5 Å². The molecule has 0 spiro atoms. The number of fused-ring (bicyclic) bond motifs is 1. The first kappa shape index (κ1) is 17.6. The largest absolute Gasteiger partial charge is 0.472 e. The number of nitro groups is 1. The fourth-order valence-corrected chi connectivity index (χ4v) is 2.29. The van der Waals surface area contributed by atoms with Crippen molar-refractivity contribution in [3.8, 4) is 5.75 Å². The third-order valence-corrected chi connectivity index (χ3v) is 3.55. The van der Waals surface area contributed by atoms with Gasteiger partial charge in [-0.25, -0.2) is 0 Å². The van der Waals surface area contributed by atoms with Crippen molar-refractivity contribution in [2.75, 3.05) is 18.0 Å². The van der Waals surface area contributed by atoms with Crippen LogP contribution in [0.3, 0.4) is 0 Å². The van der Waals surface area contributed by atoms with Gasteiger partial charge >= 0.3 is 5.82 Å². The van der Waals surface area contributed by atoms with Crippen LogP contribution in [0.4, 0.5) is 11.6 Å². The van der Waals surface area contributed by atoms with Crippen LogP contribution in [0.5, 0.6) is 5.75 Å². The third-order valence-electron chi connectivity index (χ3n) is 3.55. The molecule has 0 bridgehead atoms. The molecule has 1 N–H and O–H groups in total. The molecule has 1 aliphatic heterocycles. The highest BCUT2D eigenvalue weighted by molar-refractivity contribution is 6.05. The van der Waals surface area contributed by atoms with Crippen LogP contribution in [-0.4, -0.2) is 40.4 Å². The van der Waals surface area contributed by atoms with Crippen LogP contribution in [0.1, 0.15) is 33.6 Å². The summed E-state index contributed by atoms with van der Waals surface area (Å²) in [5.74, 6) is -1.03. The molecule has 0 saturated carbocycles. The Bertz CT molecular complexity index is 674. The summed E-state index contributed by atoms with van der Waals surface area (Å²) < 4.78 is 5.57. The number of hydrogen-bond acceptors (Lipinski definition) is 6. The second-order valence-electron chi connectivity index (χ2n) is 5.96. The molecule has 1 aromatic heterocycles. The number of amides is 2. The molecule has 0 fully saturated rings. The topological polar surface area (TPSA) is 115 Å². The van der Waals surface area contributed by atoms with E-state index in [0.717, 1.165) is 17.7 Å². The van der Waals surface area contributed by atoms with Gasteiger partial charge < -0.3 is 20.2 Å². The zero-order valence-electron chi connectivity index (χ0n) is 13.9. The summed E-state index contributed by atoms with van der Waals surface area (Å²) >= 11 is 0. The summed E-state index contributed by atoms with van der Waals surface area (Å²) in [6.07, 6.45) is 1.76. The van der Waals surface area contributed by atoms with Gasteiger partial charge in [-0.05, 0) is 36.2 Å². The first-order chi connectivity index (χ1) is 11.3. The van der Waals surface area contributed by atoms with Crippen LogP contribution >= 0.6 is 0 Å². The Morgan fingerprint density at radius 1 is 1.46 bits per heavy atom. The second kappa shape index (κ2) is 6.81. The number of pyridine rings is 1. The second-order valence-corrected chi connectivity index (χ2v) is 5.96. The quantitative estimate of drug-likeness (QED) is 0.477. The minimum absolute atomic E-state index is 0.0147. The van der Waals surface area contributed by atoms with E-state index in [1.807, 2.05) is 6.92 Å². The lowest BCUT2D eigenvalue weighted by molar-refractivity contribution is -0.389. The molecule has 0 atom stereocenters. The summed E-state index contributed by atoms with van der Waals surface area (Å²) in [5, 5.41) is 13.6. The maximum absolute atomic E-state index is 12.6. The molecular formula is C15H20N4O5. The Morgan fingerprint density at radius 2 is 2.17 bits per heavy atom. The lowest BCUT2D eigenvalue weighted by Crippen LogP contribution is -2.55. The average molecular weight is 336 g/mol. The predicted molar refractivity (Wildman–Crippen MR) is 85.9 cm³/mol. The van der Waals surface area contributed by atoms with Gasteiger partial charge in [-0.3, -0.25) is 14.5 Å². The molecule has 2 amide bonds. The van der Waals surface area contributed by atoms with Crippen molar-refractivity contribution in [1.82, 2.24) is 10.3 Å². The van der Waals surface area contributed by atoms with Gasteiger partial charge in [-0.15, -0.1) is 0 Å². The van der Waals surface area contributed by atoms with Gasteiger partial charge in [0.1, 0.15) is 6.54 Å². The van der Waals surface area contributed by atoms with E-state index in [9.17, 15) is 19.7 Å². The number of hydrogen-bond donors (Lipinski definition) is 1. The molecule has 0 unspecified atom stereocenters. The van der Waals surface area contributed by atoms with E-state index in [0.29, 0.717) is 6.54 Å². The highest BCUT2D eigenvalue weighted by Gasteiger charge is 2.45. The number of nitrogens with one attached hydrogen (secondary N) is 1. The van der Waals surface area contributed by atoms with Crippen molar-refractivity contribution in [1.29, 1.82) is 0 Å². The molecule has 9 nitrogen and oxygen atoms in total. The van der Waals surface area contributed by atoms with Gasteiger partial charge in [0.05, 0.1) is 0 Å². The third kappa shape index (κ3) is 3.61. The Labute approximate surface area is 139 Å². The smallest absolute Gasteiger partial charge is 0.366 e. The van der Waals surface area contributed by atoms with Gasteiger partial charge in [0.15, 0.2) is 11.4 Å². The number of carbonyl (C=O) groups is 2. The number of anilines is 1. The summed E-state index contributed by atoms with van der Waals surface area (Å²) in [4.78, 5) is 39.9.